The van der Waals surface area contributed by atoms with Crippen molar-refractivity contribution >= 4 is 17.1 Å². The standard InChI is InChI=1S/C19H28N4O2/c1-25-14-13-23-17(22-16-9-6-12-20-19(16)23)10-5-11-18(24)21-15-7-3-2-4-8-15/h6,9,12,15H,2-5,7-8,10-11,13-14H2,1H3,(H,21,24). The minimum absolute atomic E-state index is 0.171. The zero-order valence-electron chi connectivity index (χ0n) is 15.0. The molecule has 1 saturated carbocycles. The summed E-state index contributed by atoms with van der Waals surface area (Å²) in [5.41, 5.74) is 1.79. The van der Waals surface area contributed by atoms with E-state index in [4.69, 9.17) is 9.72 Å². The van der Waals surface area contributed by atoms with Crippen molar-refractivity contribution in [1.82, 2.24) is 19.9 Å². The number of carbonyl (C=O) groups is 1. The number of carbonyl (C=O) groups excluding carboxylic acids is 1. The first-order valence-corrected chi connectivity index (χ1v) is 9.36. The van der Waals surface area contributed by atoms with Crippen LogP contribution in [0.2, 0.25) is 0 Å². The summed E-state index contributed by atoms with van der Waals surface area (Å²) in [6.45, 7) is 1.35. The molecular formula is C19H28N4O2. The summed E-state index contributed by atoms with van der Waals surface area (Å²) in [7, 11) is 1.70. The van der Waals surface area contributed by atoms with E-state index in [2.05, 4.69) is 14.9 Å². The van der Waals surface area contributed by atoms with Gasteiger partial charge in [-0.1, -0.05) is 19.3 Å². The molecular weight excluding hydrogens is 316 g/mol. The highest BCUT2D eigenvalue weighted by molar-refractivity contribution is 5.76. The molecule has 0 aromatic carbocycles. The molecule has 2 heterocycles. The molecule has 25 heavy (non-hydrogen) atoms. The minimum Gasteiger partial charge on any atom is -0.383 e. The maximum atomic E-state index is 12.2. The minimum atomic E-state index is 0.171. The van der Waals surface area contributed by atoms with Crippen molar-refractivity contribution in [3.8, 4) is 0 Å². The number of aryl methyl sites for hydroxylation is 1. The number of hydrogen-bond acceptors (Lipinski definition) is 4. The Bertz CT molecular complexity index is 692. The molecule has 136 valence electrons. The highest BCUT2D eigenvalue weighted by atomic mass is 16.5. The molecule has 3 rings (SSSR count). The van der Waals surface area contributed by atoms with Gasteiger partial charge in [-0.05, 0) is 31.4 Å². The Morgan fingerprint density at radius 3 is 3.00 bits per heavy atom. The molecule has 0 unspecified atom stereocenters. The van der Waals surface area contributed by atoms with Crippen LogP contribution in [0.3, 0.4) is 0 Å². The molecule has 0 aliphatic heterocycles. The van der Waals surface area contributed by atoms with Gasteiger partial charge in [0, 0.05) is 38.7 Å². The molecule has 1 N–H and O–H groups in total. The highest BCUT2D eigenvalue weighted by Gasteiger charge is 2.16. The molecule has 0 saturated heterocycles. The van der Waals surface area contributed by atoms with Crippen LogP contribution in [0, 0.1) is 0 Å². The zero-order valence-corrected chi connectivity index (χ0v) is 15.0. The predicted molar refractivity (Wildman–Crippen MR) is 97.4 cm³/mol. The van der Waals surface area contributed by atoms with Crippen molar-refractivity contribution < 1.29 is 9.53 Å². The lowest BCUT2D eigenvalue weighted by Gasteiger charge is -2.22. The van der Waals surface area contributed by atoms with Crippen molar-refractivity contribution in [3.63, 3.8) is 0 Å². The molecule has 1 aliphatic carbocycles. The third kappa shape index (κ3) is 4.78. The van der Waals surface area contributed by atoms with Crippen molar-refractivity contribution in [1.29, 1.82) is 0 Å². The fraction of sp³-hybridized carbons (Fsp3) is 0.632. The third-order valence-electron chi connectivity index (χ3n) is 4.88. The first-order chi connectivity index (χ1) is 12.3. The average Bonchev–Trinajstić information content (AvgIpc) is 2.98. The Morgan fingerprint density at radius 2 is 2.20 bits per heavy atom. The number of hydrogen-bond donors (Lipinski definition) is 1. The quantitative estimate of drug-likeness (QED) is 0.799. The van der Waals surface area contributed by atoms with Gasteiger partial charge in [0.05, 0.1) is 6.61 Å². The molecule has 0 bridgehead atoms. The normalized spacial score (nSPS) is 15.6. The van der Waals surface area contributed by atoms with Gasteiger partial charge in [0.2, 0.25) is 5.91 Å². The van der Waals surface area contributed by atoms with Crippen LogP contribution >= 0.6 is 0 Å². The number of aromatic nitrogens is 3. The van der Waals surface area contributed by atoms with Gasteiger partial charge in [-0.3, -0.25) is 4.79 Å². The Balaban J connectivity index is 1.55. The van der Waals surface area contributed by atoms with Crippen LogP contribution in [0.5, 0.6) is 0 Å². The molecule has 0 spiro atoms. The number of amides is 1. The number of methoxy groups -OCH3 is 1. The number of pyridine rings is 1. The molecule has 6 nitrogen and oxygen atoms in total. The van der Waals surface area contributed by atoms with Crippen LogP contribution in [-0.4, -0.2) is 40.2 Å². The molecule has 0 atom stereocenters. The van der Waals surface area contributed by atoms with E-state index in [1.54, 1.807) is 13.3 Å². The summed E-state index contributed by atoms with van der Waals surface area (Å²) in [6, 6.07) is 4.26. The summed E-state index contributed by atoms with van der Waals surface area (Å²) in [4.78, 5) is 21.3. The lowest BCUT2D eigenvalue weighted by molar-refractivity contribution is -0.122. The summed E-state index contributed by atoms with van der Waals surface area (Å²) < 4.78 is 7.31. The molecule has 2 aromatic rings. The number of nitrogens with one attached hydrogen (secondary N) is 1. The topological polar surface area (TPSA) is 69.0 Å². The molecule has 1 fully saturated rings. The molecule has 1 amide bonds. The van der Waals surface area contributed by atoms with Gasteiger partial charge in [0.25, 0.3) is 0 Å². The largest absolute Gasteiger partial charge is 0.383 e. The van der Waals surface area contributed by atoms with Crippen LogP contribution in [-0.2, 0) is 22.5 Å². The SMILES string of the molecule is COCCn1c(CCCC(=O)NC2CCCCC2)nc2cccnc21. The van der Waals surface area contributed by atoms with Gasteiger partial charge in [0.15, 0.2) is 5.65 Å². The predicted octanol–water partition coefficient (Wildman–Crippen LogP) is 2.85. The van der Waals surface area contributed by atoms with Gasteiger partial charge in [-0.25, -0.2) is 9.97 Å². The first-order valence-electron chi connectivity index (χ1n) is 9.36. The van der Waals surface area contributed by atoms with E-state index < -0.39 is 0 Å². The molecule has 1 aliphatic rings. The Labute approximate surface area is 149 Å². The van der Waals surface area contributed by atoms with Crippen LogP contribution in [0.1, 0.15) is 50.8 Å². The highest BCUT2D eigenvalue weighted by Crippen LogP contribution is 2.18. The van der Waals surface area contributed by atoms with Crippen molar-refractivity contribution in [2.75, 3.05) is 13.7 Å². The Hall–Kier alpha value is -1.95. The molecule has 6 heteroatoms. The van der Waals surface area contributed by atoms with Crippen LogP contribution in [0.4, 0.5) is 0 Å². The second kappa shape index (κ2) is 8.94. The zero-order chi connectivity index (χ0) is 17.5. The average molecular weight is 344 g/mol. The Morgan fingerprint density at radius 1 is 1.36 bits per heavy atom. The number of imidazole rings is 1. The van der Waals surface area contributed by atoms with E-state index in [1.807, 2.05) is 12.1 Å². The van der Waals surface area contributed by atoms with E-state index >= 15 is 0 Å². The Kier molecular flexibility index (Phi) is 6.39. The van der Waals surface area contributed by atoms with Gasteiger partial charge >= 0.3 is 0 Å². The fourth-order valence-corrected chi connectivity index (χ4v) is 3.57. The number of rotatable bonds is 8. The van der Waals surface area contributed by atoms with Gasteiger partial charge in [-0.15, -0.1) is 0 Å². The fourth-order valence-electron chi connectivity index (χ4n) is 3.57. The number of ether oxygens (including phenoxy) is 1. The monoisotopic (exact) mass is 344 g/mol. The maximum absolute atomic E-state index is 12.2. The summed E-state index contributed by atoms with van der Waals surface area (Å²) in [6.07, 6.45) is 9.95. The first kappa shape index (κ1) is 17.9. The lowest BCUT2D eigenvalue weighted by atomic mass is 9.95. The lowest BCUT2D eigenvalue weighted by Crippen LogP contribution is -2.36. The van der Waals surface area contributed by atoms with Crippen molar-refractivity contribution in [3.05, 3.63) is 24.2 Å². The van der Waals surface area contributed by atoms with Crippen LogP contribution in [0.15, 0.2) is 18.3 Å². The van der Waals surface area contributed by atoms with Crippen molar-refractivity contribution in [2.24, 2.45) is 0 Å². The van der Waals surface area contributed by atoms with Crippen LogP contribution < -0.4 is 5.32 Å². The van der Waals surface area contributed by atoms with Crippen molar-refractivity contribution in [2.45, 2.75) is 64.0 Å². The second-order valence-corrected chi connectivity index (χ2v) is 6.77. The summed E-state index contributed by atoms with van der Waals surface area (Å²) in [5.74, 6) is 1.15. The van der Waals surface area contributed by atoms with E-state index in [9.17, 15) is 4.79 Å². The smallest absolute Gasteiger partial charge is 0.220 e. The number of nitrogens with zero attached hydrogens (tertiary/aromatic N) is 3. The van der Waals surface area contributed by atoms with E-state index in [0.717, 1.165) is 49.2 Å². The van der Waals surface area contributed by atoms with Gasteiger partial charge in [-0.2, -0.15) is 0 Å². The summed E-state index contributed by atoms with van der Waals surface area (Å²) in [5, 5.41) is 3.18. The maximum Gasteiger partial charge on any atom is 0.220 e. The number of fused-ring (bicyclic) bond motifs is 1. The molecule has 2 aromatic heterocycles. The second-order valence-electron chi connectivity index (χ2n) is 6.77. The summed E-state index contributed by atoms with van der Waals surface area (Å²) >= 11 is 0. The van der Waals surface area contributed by atoms with Crippen LogP contribution in [0.25, 0.3) is 11.2 Å². The van der Waals surface area contributed by atoms with Gasteiger partial charge in [0.1, 0.15) is 11.3 Å². The van der Waals surface area contributed by atoms with Gasteiger partial charge < -0.3 is 14.6 Å². The molecule has 0 radical (unpaired) electrons. The van der Waals surface area contributed by atoms with E-state index in [-0.39, 0.29) is 5.91 Å². The van der Waals surface area contributed by atoms with E-state index in [1.165, 1.54) is 19.3 Å². The van der Waals surface area contributed by atoms with E-state index in [0.29, 0.717) is 19.1 Å². The third-order valence-corrected chi connectivity index (χ3v) is 4.88.